The number of nitrogens with one attached hydrogen (secondary N) is 1. The van der Waals surface area contributed by atoms with Crippen LogP contribution in [-0.2, 0) is 4.79 Å². The van der Waals surface area contributed by atoms with E-state index in [1.165, 1.54) is 5.56 Å². The third-order valence-electron chi connectivity index (χ3n) is 4.10. The lowest BCUT2D eigenvalue weighted by atomic mass is 10.1. The quantitative estimate of drug-likeness (QED) is 0.573. The van der Waals surface area contributed by atoms with Crippen LogP contribution in [0.25, 0.3) is 11.1 Å². The number of benzene rings is 2. The van der Waals surface area contributed by atoms with E-state index in [-0.39, 0.29) is 29.7 Å². The summed E-state index contributed by atoms with van der Waals surface area (Å²) in [5.41, 5.74) is 8.29. The lowest BCUT2D eigenvalue weighted by molar-refractivity contribution is -0.121. The maximum atomic E-state index is 12.2. The molecule has 1 saturated carbocycles. The molecule has 0 saturated heterocycles. The predicted molar refractivity (Wildman–Crippen MR) is 90.7 cm³/mol. The number of carbonyl (C=O) groups excluding carboxylic acids is 1. The topological polar surface area (TPSA) is 93.5 Å². The number of aliphatic imine (C=N–C) groups is 1. The Balaban J connectivity index is 1.42. The van der Waals surface area contributed by atoms with Crippen molar-refractivity contribution in [3.8, 4) is 0 Å². The van der Waals surface area contributed by atoms with Crippen molar-refractivity contribution in [2.75, 3.05) is 0 Å². The van der Waals surface area contributed by atoms with Gasteiger partial charge in [-0.3, -0.25) is 10.1 Å². The molecule has 2 aromatic carbocycles. The van der Waals surface area contributed by atoms with Gasteiger partial charge in [0.15, 0.2) is 5.58 Å². The van der Waals surface area contributed by atoms with Crippen LogP contribution in [0.3, 0.4) is 0 Å². The number of hydrogen-bond donors (Lipinski definition) is 2. The first-order valence-corrected chi connectivity index (χ1v) is 7.76. The summed E-state index contributed by atoms with van der Waals surface area (Å²) in [6.45, 7) is 0. The van der Waals surface area contributed by atoms with E-state index in [0.29, 0.717) is 11.1 Å². The molecule has 3 aromatic rings. The molecule has 1 fully saturated rings. The van der Waals surface area contributed by atoms with Gasteiger partial charge >= 0.3 is 6.01 Å². The summed E-state index contributed by atoms with van der Waals surface area (Å²) >= 11 is 0. The maximum absolute atomic E-state index is 12.2. The molecule has 1 aliphatic carbocycles. The zero-order chi connectivity index (χ0) is 16.5. The van der Waals surface area contributed by atoms with E-state index in [2.05, 4.69) is 15.3 Å². The summed E-state index contributed by atoms with van der Waals surface area (Å²) in [5.74, 6) is 0.0552. The number of hydrogen-bond acceptors (Lipinski definition) is 4. The largest absolute Gasteiger partial charge is 0.422 e. The third kappa shape index (κ3) is 2.86. The van der Waals surface area contributed by atoms with Gasteiger partial charge in [-0.1, -0.05) is 42.5 Å². The van der Waals surface area contributed by atoms with E-state index in [1.807, 2.05) is 48.5 Å². The average Bonchev–Trinajstić information content (AvgIpc) is 3.29. The van der Waals surface area contributed by atoms with E-state index >= 15 is 0 Å². The smallest absolute Gasteiger partial charge is 0.325 e. The predicted octanol–water partition coefficient (Wildman–Crippen LogP) is 2.69. The number of amides is 1. The summed E-state index contributed by atoms with van der Waals surface area (Å²) in [5, 5.41) is 2.62. The summed E-state index contributed by atoms with van der Waals surface area (Å²) in [7, 11) is 0. The molecular weight excluding hydrogens is 304 g/mol. The van der Waals surface area contributed by atoms with Crippen molar-refractivity contribution >= 4 is 29.0 Å². The third-order valence-corrected chi connectivity index (χ3v) is 4.10. The van der Waals surface area contributed by atoms with Crippen LogP contribution in [0.1, 0.15) is 17.9 Å². The summed E-state index contributed by atoms with van der Waals surface area (Å²) in [6, 6.07) is 17.4. The van der Waals surface area contributed by atoms with Crippen LogP contribution in [0, 0.1) is 5.92 Å². The van der Waals surface area contributed by atoms with Crippen molar-refractivity contribution in [1.82, 2.24) is 10.3 Å². The van der Waals surface area contributed by atoms with Crippen molar-refractivity contribution in [3.63, 3.8) is 0 Å². The zero-order valence-corrected chi connectivity index (χ0v) is 12.8. The number of aromatic nitrogens is 1. The molecule has 1 aromatic heterocycles. The second-order valence-corrected chi connectivity index (χ2v) is 5.81. The molecule has 6 heteroatoms. The Morgan fingerprint density at radius 1 is 1.17 bits per heavy atom. The first-order chi connectivity index (χ1) is 11.7. The number of nitrogens with zero attached hydrogens (tertiary/aromatic N) is 2. The molecule has 1 aliphatic rings. The summed E-state index contributed by atoms with van der Waals surface area (Å²) < 4.78 is 5.46. The zero-order valence-electron chi connectivity index (χ0n) is 12.8. The van der Waals surface area contributed by atoms with E-state index in [4.69, 9.17) is 10.2 Å². The van der Waals surface area contributed by atoms with E-state index in [9.17, 15) is 4.79 Å². The average molecular weight is 320 g/mol. The molecule has 0 aliphatic heterocycles. The number of para-hydroxylation sites is 2. The molecule has 6 nitrogen and oxygen atoms in total. The van der Waals surface area contributed by atoms with Crippen LogP contribution in [-0.4, -0.2) is 16.9 Å². The van der Waals surface area contributed by atoms with Crippen LogP contribution in [0.4, 0.5) is 6.01 Å². The molecule has 3 N–H and O–H groups in total. The highest BCUT2D eigenvalue weighted by Crippen LogP contribution is 2.47. The van der Waals surface area contributed by atoms with E-state index in [1.54, 1.807) is 6.07 Å². The Hall–Kier alpha value is -3.15. The molecule has 0 spiro atoms. The second kappa shape index (κ2) is 5.81. The molecule has 0 bridgehead atoms. The number of nitrogens with two attached hydrogens (primary N) is 1. The number of guanidine groups is 1. The number of oxazole rings is 1. The minimum atomic E-state index is -0.124. The van der Waals surface area contributed by atoms with Gasteiger partial charge in [0.05, 0.1) is 0 Å². The molecule has 0 unspecified atom stereocenters. The Morgan fingerprint density at radius 2 is 1.92 bits per heavy atom. The standard InChI is InChI=1S/C18H16N4O2/c19-17(22-18-20-14-8-4-5-9-15(14)24-18)21-16(23)13-10-12(13)11-6-2-1-3-7-11/h1-9,12-13H,10H2,(H3,19,20,21,22,23)/t12-,13-/m1/s1. The van der Waals surface area contributed by atoms with Gasteiger partial charge in [0.25, 0.3) is 0 Å². The highest BCUT2D eigenvalue weighted by Gasteiger charge is 2.44. The summed E-state index contributed by atoms with van der Waals surface area (Å²) in [6.07, 6.45) is 0.825. The molecule has 4 rings (SSSR count). The first-order valence-electron chi connectivity index (χ1n) is 7.76. The fraction of sp³-hybridized carbons (Fsp3) is 0.167. The van der Waals surface area contributed by atoms with Gasteiger partial charge < -0.3 is 10.2 Å². The van der Waals surface area contributed by atoms with Crippen molar-refractivity contribution in [3.05, 3.63) is 60.2 Å². The normalized spacial score (nSPS) is 20.1. The van der Waals surface area contributed by atoms with E-state index < -0.39 is 0 Å². The highest BCUT2D eigenvalue weighted by molar-refractivity contribution is 5.99. The van der Waals surface area contributed by atoms with Crippen molar-refractivity contribution < 1.29 is 9.21 Å². The molecule has 0 radical (unpaired) electrons. The van der Waals surface area contributed by atoms with Gasteiger partial charge in [0.1, 0.15) is 5.52 Å². The van der Waals surface area contributed by atoms with Gasteiger partial charge in [0.2, 0.25) is 11.9 Å². The SMILES string of the molecule is NC(=Nc1nc2ccccc2o1)NC(=O)[C@@H]1C[C@@H]1c1ccccc1. The molecule has 24 heavy (non-hydrogen) atoms. The Labute approximate surface area is 138 Å². The van der Waals surface area contributed by atoms with Gasteiger partial charge in [0, 0.05) is 5.92 Å². The van der Waals surface area contributed by atoms with Crippen molar-refractivity contribution in [2.45, 2.75) is 12.3 Å². The van der Waals surface area contributed by atoms with Gasteiger partial charge in [-0.2, -0.15) is 9.98 Å². The minimum absolute atomic E-state index is 0.00901. The van der Waals surface area contributed by atoms with Crippen molar-refractivity contribution in [2.24, 2.45) is 16.6 Å². The monoisotopic (exact) mass is 320 g/mol. The first kappa shape index (κ1) is 14.4. The maximum Gasteiger partial charge on any atom is 0.325 e. The fourth-order valence-electron chi connectivity index (χ4n) is 2.81. The number of carbonyl (C=O) groups is 1. The molecule has 1 amide bonds. The molecular formula is C18H16N4O2. The van der Waals surface area contributed by atoms with Gasteiger partial charge in [-0.25, -0.2) is 0 Å². The lowest BCUT2D eigenvalue weighted by Crippen LogP contribution is -2.37. The highest BCUT2D eigenvalue weighted by atomic mass is 16.4. The molecule has 120 valence electrons. The van der Waals surface area contributed by atoms with Crippen LogP contribution in [0.5, 0.6) is 0 Å². The van der Waals surface area contributed by atoms with Crippen LogP contribution in [0.2, 0.25) is 0 Å². The van der Waals surface area contributed by atoms with Crippen LogP contribution in [0.15, 0.2) is 64.0 Å². The molecule has 1 heterocycles. The van der Waals surface area contributed by atoms with Gasteiger partial charge in [-0.05, 0) is 30.0 Å². The van der Waals surface area contributed by atoms with Crippen molar-refractivity contribution in [1.29, 1.82) is 0 Å². The van der Waals surface area contributed by atoms with Crippen LogP contribution >= 0.6 is 0 Å². The number of rotatable bonds is 3. The second-order valence-electron chi connectivity index (χ2n) is 5.81. The Morgan fingerprint density at radius 3 is 2.71 bits per heavy atom. The van der Waals surface area contributed by atoms with Gasteiger partial charge in [-0.15, -0.1) is 0 Å². The summed E-state index contributed by atoms with van der Waals surface area (Å²) in [4.78, 5) is 20.5. The van der Waals surface area contributed by atoms with E-state index in [0.717, 1.165) is 6.42 Å². The Kier molecular flexibility index (Phi) is 3.49. The van der Waals surface area contributed by atoms with Crippen LogP contribution < -0.4 is 11.1 Å². The lowest BCUT2D eigenvalue weighted by Gasteiger charge is -2.03. The molecule has 2 atom stereocenters. The fourth-order valence-corrected chi connectivity index (χ4v) is 2.81. The number of fused-ring (bicyclic) bond motifs is 1. The Bertz CT molecular complexity index is 884. The minimum Gasteiger partial charge on any atom is -0.422 e.